The van der Waals surface area contributed by atoms with Crippen LogP contribution in [0.5, 0.6) is 0 Å². The Hall–Kier alpha value is -0.0400. The highest BCUT2D eigenvalue weighted by atomic mass is 16.3. The van der Waals surface area contributed by atoms with Crippen molar-refractivity contribution in [2.75, 3.05) is 6.61 Å². The standard InChI is InChI=1S/C7H14O/c1-7(5-6-8)3-2-4-7/h8H,2-6H2,1H3. The maximum absolute atomic E-state index is 8.57. The monoisotopic (exact) mass is 114 g/mol. The number of hydrogen-bond acceptors (Lipinski definition) is 1. The fourth-order valence-corrected chi connectivity index (χ4v) is 1.30. The topological polar surface area (TPSA) is 20.2 Å². The molecule has 0 aromatic heterocycles. The lowest BCUT2D eigenvalue weighted by molar-refractivity contribution is 0.109. The summed E-state index contributed by atoms with van der Waals surface area (Å²) < 4.78 is 0. The van der Waals surface area contributed by atoms with Gasteiger partial charge in [-0.3, -0.25) is 0 Å². The molecule has 1 fully saturated rings. The molecule has 0 aromatic carbocycles. The summed E-state index contributed by atoms with van der Waals surface area (Å²) in [5.41, 5.74) is 0.523. The van der Waals surface area contributed by atoms with E-state index in [2.05, 4.69) is 6.92 Å². The number of hydrogen-bond donors (Lipinski definition) is 1. The Labute approximate surface area is 50.7 Å². The SMILES string of the molecule is CC1(CCO)CCC1. The molecule has 0 spiro atoms. The molecular formula is C7H14O. The first kappa shape index (κ1) is 6.09. The second-order valence-electron chi connectivity index (χ2n) is 3.14. The molecule has 1 N–H and O–H groups in total. The van der Waals surface area contributed by atoms with Gasteiger partial charge in [-0.1, -0.05) is 13.3 Å². The molecule has 1 nitrogen and oxygen atoms in total. The molecular weight excluding hydrogens is 100 g/mol. The van der Waals surface area contributed by atoms with E-state index >= 15 is 0 Å². The zero-order chi connectivity index (χ0) is 6.04. The van der Waals surface area contributed by atoms with E-state index in [0.29, 0.717) is 12.0 Å². The van der Waals surface area contributed by atoms with E-state index < -0.39 is 0 Å². The lowest BCUT2D eigenvalue weighted by Gasteiger charge is -2.37. The summed E-state index contributed by atoms with van der Waals surface area (Å²) in [4.78, 5) is 0. The quantitative estimate of drug-likeness (QED) is 0.577. The van der Waals surface area contributed by atoms with Crippen molar-refractivity contribution < 1.29 is 5.11 Å². The molecule has 1 aliphatic rings. The van der Waals surface area contributed by atoms with Gasteiger partial charge >= 0.3 is 0 Å². The van der Waals surface area contributed by atoms with E-state index in [1.165, 1.54) is 19.3 Å². The Balaban J connectivity index is 2.20. The molecule has 0 bridgehead atoms. The molecule has 1 aliphatic carbocycles. The summed E-state index contributed by atoms with van der Waals surface area (Å²) in [5.74, 6) is 0. The van der Waals surface area contributed by atoms with Crippen molar-refractivity contribution in [1.82, 2.24) is 0 Å². The first-order valence-corrected chi connectivity index (χ1v) is 3.38. The predicted molar refractivity (Wildman–Crippen MR) is 33.7 cm³/mol. The van der Waals surface area contributed by atoms with E-state index in [9.17, 15) is 0 Å². The van der Waals surface area contributed by atoms with Crippen LogP contribution < -0.4 is 0 Å². The first-order chi connectivity index (χ1) is 3.77. The van der Waals surface area contributed by atoms with Gasteiger partial charge in [0, 0.05) is 6.61 Å². The third kappa shape index (κ3) is 1.03. The Morgan fingerprint density at radius 3 is 2.25 bits per heavy atom. The summed E-state index contributed by atoms with van der Waals surface area (Å²) in [6.45, 7) is 2.63. The van der Waals surface area contributed by atoms with Crippen molar-refractivity contribution >= 4 is 0 Å². The van der Waals surface area contributed by atoms with Crippen molar-refractivity contribution in [2.24, 2.45) is 5.41 Å². The largest absolute Gasteiger partial charge is 0.396 e. The van der Waals surface area contributed by atoms with Crippen LogP contribution in [-0.2, 0) is 0 Å². The summed E-state index contributed by atoms with van der Waals surface area (Å²) >= 11 is 0. The minimum atomic E-state index is 0.372. The highest BCUT2D eigenvalue weighted by Gasteiger charge is 2.30. The highest BCUT2D eigenvalue weighted by Crippen LogP contribution is 2.42. The van der Waals surface area contributed by atoms with E-state index in [0.717, 1.165) is 6.42 Å². The minimum Gasteiger partial charge on any atom is -0.396 e. The van der Waals surface area contributed by atoms with E-state index in [-0.39, 0.29) is 0 Å². The van der Waals surface area contributed by atoms with Gasteiger partial charge in [-0.2, -0.15) is 0 Å². The molecule has 8 heavy (non-hydrogen) atoms. The van der Waals surface area contributed by atoms with Crippen molar-refractivity contribution in [2.45, 2.75) is 32.6 Å². The highest BCUT2D eigenvalue weighted by molar-refractivity contribution is 4.82. The van der Waals surface area contributed by atoms with E-state index in [1.807, 2.05) is 0 Å². The minimum absolute atomic E-state index is 0.372. The Morgan fingerprint density at radius 2 is 2.12 bits per heavy atom. The van der Waals surface area contributed by atoms with Crippen LogP contribution in [0.1, 0.15) is 32.6 Å². The molecule has 48 valence electrons. The zero-order valence-electron chi connectivity index (χ0n) is 5.48. The van der Waals surface area contributed by atoms with Crippen molar-refractivity contribution in [1.29, 1.82) is 0 Å². The van der Waals surface area contributed by atoms with Gasteiger partial charge in [0.1, 0.15) is 0 Å². The second kappa shape index (κ2) is 2.06. The maximum atomic E-state index is 8.57. The fraction of sp³-hybridized carbons (Fsp3) is 1.00. The van der Waals surface area contributed by atoms with Gasteiger partial charge < -0.3 is 5.11 Å². The van der Waals surface area contributed by atoms with Crippen LogP contribution in [0.15, 0.2) is 0 Å². The number of aliphatic hydroxyl groups is 1. The van der Waals surface area contributed by atoms with Crippen LogP contribution in [0.2, 0.25) is 0 Å². The van der Waals surface area contributed by atoms with Crippen molar-refractivity contribution in [3.63, 3.8) is 0 Å². The smallest absolute Gasteiger partial charge is 0.0436 e. The molecule has 1 rings (SSSR count). The molecule has 0 aliphatic heterocycles. The molecule has 0 heterocycles. The molecule has 0 unspecified atom stereocenters. The lowest BCUT2D eigenvalue weighted by Crippen LogP contribution is -2.26. The fourth-order valence-electron chi connectivity index (χ4n) is 1.30. The van der Waals surface area contributed by atoms with Crippen LogP contribution in [0.25, 0.3) is 0 Å². The molecule has 0 aromatic rings. The molecule has 0 atom stereocenters. The average Bonchev–Trinajstić information content (AvgIpc) is 1.64. The van der Waals surface area contributed by atoms with E-state index in [4.69, 9.17) is 5.11 Å². The van der Waals surface area contributed by atoms with Gasteiger partial charge in [-0.25, -0.2) is 0 Å². The van der Waals surface area contributed by atoms with Gasteiger partial charge in [0.2, 0.25) is 0 Å². The third-order valence-electron chi connectivity index (χ3n) is 2.28. The zero-order valence-corrected chi connectivity index (χ0v) is 5.48. The van der Waals surface area contributed by atoms with Gasteiger partial charge in [0.25, 0.3) is 0 Å². The van der Waals surface area contributed by atoms with Crippen molar-refractivity contribution in [3.05, 3.63) is 0 Å². The van der Waals surface area contributed by atoms with Crippen LogP contribution in [-0.4, -0.2) is 11.7 Å². The first-order valence-electron chi connectivity index (χ1n) is 3.38. The Morgan fingerprint density at radius 1 is 1.50 bits per heavy atom. The Bertz CT molecular complexity index is 74.5. The third-order valence-corrected chi connectivity index (χ3v) is 2.28. The van der Waals surface area contributed by atoms with Crippen LogP contribution >= 0.6 is 0 Å². The number of aliphatic hydroxyl groups excluding tert-OH is 1. The molecule has 1 heteroatoms. The van der Waals surface area contributed by atoms with Crippen LogP contribution in [0, 0.1) is 5.41 Å². The predicted octanol–water partition coefficient (Wildman–Crippen LogP) is 1.56. The summed E-state index contributed by atoms with van der Waals surface area (Å²) in [5, 5.41) is 8.57. The molecule has 0 radical (unpaired) electrons. The van der Waals surface area contributed by atoms with Crippen LogP contribution in [0.4, 0.5) is 0 Å². The van der Waals surface area contributed by atoms with Crippen LogP contribution in [0.3, 0.4) is 0 Å². The second-order valence-corrected chi connectivity index (χ2v) is 3.14. The summed E-state index contributed by atoms with van der Waals surface area (Å²) in [6.07, 6.45) is 5.03. The van der Waals surface area contributed by atoms with E-state index in [1.54, 1.807) is 0 Å². The Kier molecular flexibility index (Phi) is 1.57. The average molecular weight is 114 g/mol. The summed E-state index contributed by atoms with van der Waals surface area (Å²) in [7, 11) is 0. The summed E-state index contributed by atoms with van der Waals surface area (Å²) in [6, 6.07) is 0. The lowest BCUT2D eigenvalue weighted by atomic mass is 9.68. The molecule has 0 amide bonds. The maximum Gasteiger partial charge on any atom is 0.0436 e. The molecule has 0 saturated heterocycles. The van der Waals surface area contributed by atoms with Gasteiger partial charge in [-0.15, -0.1) is 0 Å². The van der Waals surface area contributed by atoms with Gasteiger partial charge in [0.15, 0.2) is 0 Å². The normalized spacial score (nSPS) is 24.8. The van der Waals surface area contributed by atoms with Crippen molar-refractivity contribution in [3.8, 4) is 0 Å². The van der Waals surface area contributed by atoms with Gasteiger partial charge in [-0.05, 0) is 24.7 Å². The number of rotatable bonds is 2. The van der Waals surface area contributed by atoms with Gasteiger partial charge in [0.05, 0.1) is 0 Å². The molecule has 1 saturated carbocycles.